The Morgan fingerprint density at radius 3 is 2.04 bits per heavy atom. The molecule has 0 saturated heterocycles. The van der Waals surface area contributed by atoms with Crippen molar-refractivity contribution >= 4 is 17.5 Å². The highest BCUT2D eigenvalue weighted by Crippen LogP contribution is 2.23. The van der Waals surface area contributed by atoms with Crippen LogP contribution in [0.25, 0.3) is 0 Å². The van der Waals surface area contributed by atoms with Crippen LogP contribution in [0.5, 0.6) is 5.75 Å². The first-order chi connectivity index (χ1) is 12.5. The predicted octanol–water partition coefficient (Wildman–Crippen LogP) is 3.64. The molecule has 5 heteroatoms. The van der Waals surface area contributed by atoms with Gasteiger partial charge in [-0.3, -0.25) is 9.59 Å². The Balaban J connectivity index is 2.07. The molecule has 0 saturated carbocycles. The molecule has 2 N–H and O–H groups in total. The number of anilines is 1. The van der Waals surface area contributed by atoms with Crippen LogP contribution in [0, 0.1) is 0 Å². The van der Waals surface area contributed by atoms with Gasteiger partial charge < -0.3 is 15.4 Å². The van der Waals surface area contributed by atoms with E-state index < -0.39 is 11.8 Å². The van der Waals surface area contributed by atoms with Crippen molar-refractivity contribution in [3.8, 4) is 5.75 Å². The number of benzene rings is 2. The monoisotopic (exact) mass is 354 g/mol. The zero-order valence-electron chi connectivity index (χ0n) is 15.8. The number of rotatable bonds is 6. The lowest BCUT2D eigenvalue weighted by molar-refractivity contribution is -0.136. The van der Waals surface area contributed by atoms with Gasteiger partial charge >= 0.3 is 11.8 Å². The van der Waals surface area contributed by atoms with E-state index in [1.807, 2.05) is 63.2 Å². The quantitative estimate of drug-likeness (QED) is 0.778. The third-order valence-corrected chi connectivity index (χ3v) is 4.41. The molecule has 0 aromatic heterocycles. The SMILES string of the molecule is CCc1cccc(CC)c1NC(=O)C(=O)NC(C)c1ccc(OC)cc1. The average molecular weight is 354 g/mol. The standard InChI is InChI=1S/C21H26N2O3/c1-5-15-8-7-9-16(6-2)19(15)23-21(25)20(24)22-14(3)17-10-12-18(26-4)13-11-17/h7-14H,5-6H2,1-4H3,(H,22,24)(H,23,25). The lowest BCUT2D eigenvalue weighted by Crippen LogP contribution is -2.37. The van der Waals surface area contributed by atoms with Gasteiger partial charge in [0.05, 0.1) is 13.2 Å². The summed E-state index contributed by atoms with van der Waals surface area (Å²) >= 11 is 0. The average Bonchev–Trinajstić information content (AvgIpc) is 2.67. The number of methoxy groups -OCH3 is 1. The molecule has 5 nitrogen and oxygen atoms in total. The van der Waals surface area contributed by atoms with Crippen LogP contribution >= 0.6 is 0 Å². The van der Waals surface area contributed by atoms with E-state index in [2.05, 4.69) is 10.6 Å². The first-order valence-corrected chi connectivity index (χ1v) is 8.86. The Hall–Kier alpha value is -2.82. The van der Waals surface area contributed by atoms with Crippen LogP contribution in [0.15, 0.2) is 42.5 Å². The summed E-state index contributed by atoms with van der Waals surface area (Å²) in [5.74, 6) is -0.560. The number of hydrogen-bond acceptors (Lipinski definition) is 3. The Labute approximate surface area is 154 Å². The number of aryl methyl sites for hydroxylation is 2. The molecule has 2 rings (SSSR count). The Kier molecular flexibility index (Phi) is 6.78. The van der Waals surface area contributed by atoms with Gasteiger partial charge in [0.2, 0.25) is 0 Å². The van der Waals surface area contributed by atoms with Crippen molar-refractivity contribution in [3.05, 3.63) is 59.2 Å². The van der Waals surface area contributed by atoms with Crippen LogP contribution < -0.4 is 15.4 Å². The first-order valence-electron chi connectivity index (χ1n) is 8.86. The van der Waals surface area contributed by atoms with Gasteiger partial charge in [0.25, 0.3) is 0 Å². The first kappa shape index (κ1) is 19.5. The van der Waals surface area contributed by atoms with Gasteiger partial charge in [-0.25, -0.2) is 0 Å². The Morgan fingerprint density at radius 2 is 1.54 bits per heavy atom. The summed E-state index contributed by atoms with van der Waals surface area (Å²) in [7, 11) is 1.60. The molecular weight excluding hydrogens is 328 g/mol. The minimum Gasteiger partial charge on any atom is -0.497 e. The molecule has 0 aliphatic rings. The van der Waals surface area contributed by atoms with Crippen molar-refractivity contribution in [2.75, 3.05) is 12.4 Å². The van der Waals surface area contributed by atoms with E-state index >= 15 is 0 Å². The zero-order chi connectivity index (χ0) is 19.1. The largest absolute Gasteiger partial charge is 0.497 e. The fourth-order valence-electron chi connectivity index (χ4n) is 2.81. The van der Waals surface area contributed by atoms with Crippen LogP contribution in [0.2, 0.25) is 0 Å². The second-order valence-corrected chi connectivity index (χ2v) is 6.08. The van der Waals surface area contributed by atoms with Crippen LogP contribution in [0.4, 0.5) is 5.69 Å². The maximum Gasteiger partial charge on any atom is 0.313 e. The van der Waals surface area contributed by atoms with Crippen molar-refractivity contribution in [2.45, 2.75) is 39.7 Å². The molecule has 0 radical (unpaired) electrons. The summed E-state index contributed by atoms with van der Waals surface area (Å²) in [5.41, 5.74) is 3.69. The third-order valence-electron chi connectivity index (χ3n) is 4.41. The van der Waals surface area contributed by atoms with E-state index in [4.69, 9.17) is 4.74 Å². The van der Waals surface area contributed by atoms with E-state index in [1.165, 1.54) is 0 Å². The number of carbonyl (C=O) groups excluding carboxylic acids is 2. The van der Waals surface area contributed by atoms with Crippen molar-refractivity contribution in [2.24, 2.45) is 0 Å². The summed E-state index contributed by atoms with van der Waals surface area (Å²) in [4.78, 5) is 24.7. The minimum atomic E-state index is -0.652. The van der Waals surface area contributed by atoms with Crippen molar-refractivity contribution in [1.82, 2.24) is 5.32 Å². The van der Waals surface area contributed by atoms with Crippen LogP contribution in [-0.4, -0.2) is 18.9 Å². The summed E-state index contributed by atoms with van der Waals surface area (Å²) in [6.45, 7) is 5.89. The van der Waals surface area contributed by atoms with Crippen molar-refractivity contribution in [3.63, 3.8) is 0 Å². The smallest absolute Gasteiger partial charge is 0.313 e. The normalized spacial score (nSPS) is 11.5. The predicted molar refractivity (Wildman–Crippen MR) is 103 cm³/mol. The highest BCUT2D eigenvalue weighted by atomic mass is 16.5. The second-order valence-electron chi connectivity index (χ2n) is 6.08. The fourth-order valence-corrected chi connectivity index (χ4v) is 2.81. The lowest BCUT2D eigenvalue weighted by atomic mass is 10.0. The zero-order valence-corrected chi connectivity index (χ0v) is 15.8. The van der Waals surface area contributed by atoms with E-state index in [0.717, 1.165) is 41.0 Å². The lowest BCUT2D eigenvalue weighted by Gasteiger charge is -2.17. The highest BCUT2D eigenvalue weighted by Gasteiger charge is 2.19. The molecule has 0 heterocycles. The molecule has 26 heavy (non-hydrogen) atoms. The maximum atomic E-state index is 12.4. The summed E-state index contributed by atoms with van der Waals surface area (Å²) in [6.07, 6.45) is 1.57. The van der Waals surface area contributed by atoms with E-state index in [-0.39, 0.29) is 6.04 Å². The minimum absolute atomic E-state index is 0.286. The molecule has 0 bridgehead atoms. The van der Waals surface area contributed by atoms with Gasteiger partial charge in [-0.2, -0.15) is 0 Å². The van der Waals surface area contributed by atoms with Crippen LogP contribution in [-0.2, 0) is 22.4 Å². The molecule has 2 amide bonds. The second kappa shape index (κ2) is 9.04. The number of para-hydroxylation sites is 1. The van der Waals surface area contributed by atoms with E-state index in [9.17, 15) is 9.59 Å². The molecule has 2 aromatic carbocycles. The number of ether oxygens (including phenoxy) is 1. The Bertz CT molecular complexity index is 747. The van der Waals surface area contributed by atoms with Crippen LogP contribution in [0.1, 0.15) is 43.5 Å². The number of amides is 2. The summed E-state index contributed by atoms with van der Waals surface area (Å²) in [6, 6.07) is 13.0. The van der Waals surface area contributed by atoms with Gasteiger partial charge in [-0.15, -0.1) is 0 Å². The molecule has 138 valence electrons. The molecule has 1 atom stereocenters. The summed E-state index contributed by atoms with van der Waals surface area (Å²) < 4.78 is 5.13. The molecule has 1 unspecified atom stereocenters. The van der Waals surface area contributed by atoms with E-state index in [0.29, 0.717) is 0 Å². The van der Waals surface area contributed by atoms with Gasteiger partial charge in [-0.05, 0) is 48.6 Å². The molecule has 0 spiro atoms. The fraction of sp³-hybridized carbons (Fsp3) is 0.333. The van der Waals surface area contributed by atoms with Crippen molar-refractivity contribution in [1.29, 1.82) is 0 Å². The number of nitrogens with one attached hydrogen (secondary N) is 2. The molecule has 2 aromatic rings. The third kappa shape index (κ3) is 4.63. The molecule has 0 aliphatic heterocycles. The van der Waals surface area contributed by atoms with Gasteiger partial charge in [0, 0.05) is 5.69 Å². The topological polar surface area (TPSA) is 67.4 Å². The maximum absolute atomic E-state index is 12.4. The van der Waals surface area contributed by atoms with E-state index in [1.54, 1.807) is 7.11 Å². The molecule has 0 aliphatic carbocycles. The van der Waals surface area contributed by atoms with Gasteiger partial charge in [0.15, 0.2) is 0 Å². The van der Waals surface area contributed by atoms with Crippen LogP contribution in [0.3, 0.4) is 0 Å². The van der Waals surface area contributed by atoms with Crippen molar-refractivity contribution < 1.29 is 14.3 Å². The summed E-state index contributed by atoms with van der Waals surface area (Å²) in [5, 5.41) is 5.52. The Morgan fingerprint density at radius 1 is 0.962 bits per heavy atom. The number of hydrogen-bond donors (Lipinski definition) is 2. The molecular formula is C21H26N2O3. The number of carbonyl (C=O) groups is 2. The van der Waals surface area contributed by atoms with Gasteiger partial charge in [0.1, 0.15) is 5.75 Å². The van der Waals surface area contributed by atoms with Gasteiger partial charge in [-0.1, -0.05) is 44.2 Å². The molecule has 0 fully saturated rings. The highest BCUT2D eigenvalue weighted by molar-refractivity contribution is 6.39.